The van der Waals surface area contributed by atoms with Crippen LogP contribution in [0.5, 0.6) is 0 Å². The summed E-state index contributed by atoms with van der Waals surface area (Å²) in [5, 5.41) is 0.817. The highest BCUT2D eigenvalue weighted by Crippen LogP contribution is 2.18. The Labute approximate surface area is 86.1 Å². The lowest BCUT2D eigenvalue weighted by Gasteiger charge is -2.04. The lowest BCUT2D eigenvalue weighted by Crippen LogP contribution is -1.93. The Balaban J connectivity index is 2.57. The fourth-order valence-corrected chi connectivity index (χ4v) is 1.95. The lowest BCUT2D eigenvalue weighted by molar-refractivity contribution is 0.651. The summed E-state index contributed by atoms with van der Waals surface area (Å²) in [6.45, 7) is 0. The topological polar surface area (TPSA) is 0 Å². The average Bonchev–Trinajstić information content (AvgIpc) is 2.17. The van der Waals surface area contributed by atoms with Gasteiger partial charge in [0, 0.05) is 9.46 Å². The van der Waals surface area contributed by atoms with Crippen molar-refractivity contribution in [2.45, 2.75) is 12.8 Å². The molecule has 0 amide bonds. The molecule has 2 heteroatoms. The minimum atomic E-state index is 0.638. The van der Waals surface area contributed by atoms with Crippen molar-refractivity contribution in [2.75, 3.05) is 4.43 Å². The van der Waals surface area contributed by atoms with Crippen LogP contribution in [0.25, 0.3) is 0 Å². The monoisotopic (exact) mass is 280 g/mol. The summed E-state index contributed by atoms with van der Waals surface area (Å²) in [6, 6.07) is 0. The normalized spacial score (nSPS) is 23.1. The first-order valence-corrected chi connectivity index (χ1v) is 5.57. The predicted octanol–water partition coefficient (Wildman–Crippen LogP) is 3.67. The molecule has 1 rings (SSSR count). The van der Waals surface area contributed by atoms with Crippen molar-refractivity contribution in [3.63, 3.8) is 0 Å². The van der Waals surface area contributed by atoms with E-state index in [1.165, 1.54) is 10.8 Å². The average molecular weight is 281 g/mol. The number of rotatable bonds is 2. The first-order valence-electron chi connectivity index (χ1n) is 3.67. The zero-order valence-electron chi connectivity index (χ0n) is 6.19. The molecule has 0 aromatic heterocycles. The molecule has 0 saturated carbocycles. The fraction of sp³-hybridized carbons (Fsp3) is 0.444. The van der Waals surface area contributed by atoms with Gasteiger partial charge in [0.25, 0.3) is 0 Å². The van der Waals surface area contributed by atoms with Crippen molar-refractivity contribution in [3.05, 3.63) is 29.0 Å². The summed E-state index contributed by atoms with van der Waals surface area (Å²) in [4.78, 5) is 0. The summed E-state index contributed by atoms with van der Waals surface area (Å²) < 4.78 is 1.20. The van der Waals surface area contributed by atoms with Gasteiger partial charge in [-0.2, -0.15) is 0 Å². The van der Waals surface area contributed by atoms with Gasteiger partial charge >= 0.3 is 0 Å². The van der Waals surface area contributed by atoms with Gasteiger partial charge in [-0.3, -0.25) is 0 Å². The zero-order chi connectivity index (χ0) is 8.10. The molecule has 1 aliphatic rings. The number of alkyl halides is 1. The Morgan fingerprint density at radius 2 is 2.55 bits per heavy atom. The van der Waals surface area contributed by atoms with Gasteiger partial charge in [-0.05, 0) is 30.9 Å². The van der Waals surface area contributed by atoms with Crippen LogP contribution in [0.1, 0.15) is 12.8 Å². The fourth-order valence-electron chi connectivity index (χ4n) is 0.996. The first-order chi connectivity index (χ1) is 5.33. The molecule has 0 radical (unpaired) electrons. The van der Waals surface area contributed by atoms with Gasteiger partial charge in [0.2, 0.25) is 0 Å². The molecule has 1 atom stereocenters. The molecule has 0 bridgehead atoms. The second-order valence-electron chi connectivity index (χ2n) is 2.54. The third-order valence-electron chi connectivity index (χ3n) is 1.65. The molecule has 0 aromatic rings. The largest absolute Gasteiger partial charge is 0.123 e. The highest BCUT2D eigenvalue weighted by atomic mass is 127. The van der Waals surface area contributed by atoms with E-state index in [2.05, 4.69) is 40.5 Å². The van der Waals surface area contributed by atoms with Gasteiger partial charge in [0.05, 0.1) is 0 Å². The van der Waals surface area contributed by atoms with E-state index >= 15 is 0 Å². The third kappa shape index (κ3) is 3.46. The second-order valence-corrected chi connectivity index (χ2v) is 4.06. The molecule has 0 heterocycles. The van der Waals surface area contributed by atoms with Crippen LogP contribution in [0, 0.1) is 5.92 Å². The standard InChI is InChI=1S/C9H10ClI/c10-9-3-1-2-8(4-5-9)6-7-11/h2-3,5,8H,4,6-7H2. The van der Waals surface area contributed by atoms with Gasteiger partial charge in [0.1, 0.15) is 0 Å². The SMILES string of the molecule is ClC1=CCC(CCI)C=C=C1. The number of hydrogen-bond donors (Lipinski definition) is 0. The van der Waals surface area contributed by atoms with Crippen molar-refractivity contribution in [1.82, 2.24) is 0 Å². The summed E-state index contributed by atoms with van der Waals surface area (Å²) in [5.74, 6) is 0.638. The van der Waals surface area contributed by atoms with Crippen molar-refractivity contribution < 1.29 is 0 Å². The summed E-state index contributed by atoms with van der Waals surface area (Å²) in [6.07, 6.45) is 8.29. The van der Waals surface area contributed by atoms with Gasteiger partial charge in [0.15, 0.2) is 0 Å². The van der Waals surface area contributed by atoms with Crippen LogP contribution in [-0.2, 0) is 0 Å². The smallest absolute Gasteiger partial charge is 0.0443 e. The first kappa shape index (κ1) is 9.37. The molecule has 60 valence electrons. The van der Waals surface area contributed by atoms with Gasteiger partial charge in [-0.15, -0.1) is 5.73 Å². The molecular weight excluding hydrogens is 270 g/mol. The molecule has 0 N–H and O–H groups in total. The molecule has 0 saturated heterocycles. The van der Waals surface area contributed by atoms with E-state index in [0.717, 1.165) is 11.5 Å². The molecule has 0 spiro atoms. The quantitative estimate of drug-likeness (QED) is 0.411. The van der Waals surface area contributed by atoms with E-state index in [0.29, 0.717) is 5.92 Å². The van der Waals surface area contributed by atoms with Gasteiger partial charge in [-0.1, -0.05) is 40.3 Å². The van der Waals surface area contributed by atoms with Crippen LogP contribution >= 0.6 is 34.2 Å². The molecule has 0 nitrogen and oxygen atoms in total. The zero-order valence-corrected chi connectivity index (χ0v) is 9.10. The Kier molecular flexibility index (Phi) is 4.28. The highest BCUT2D eigenvalue weighted by molar-refractivity contribution is 14.1. The van der Waals surface area contributed by atoms with Crippen LogP contribution in [0.2, 0.25) is 0 Å². The van der Waals surface area contributed by atoms with E-state index in [1.807, 2.05) is 6.08 Å². The van der Waals surface area contributed by atoms with Crippen LogP contribution in [0.4, 0.5) is 0 Å². The van der Waals surface area contributed by atoms with Crippen molar-refractivity contribution in [3.8, 4) is 0 Å². The van der Waals surface area contributed by atoms with E-state index < -0.39 is 0 Å². The van der Waals surface area contributed by atoms with Crippen molar-refractivity contribution in [2.24, 2.45) is 5.92 Å². The minimum Gasteiger partial charge on any atom is -0.123 e. The Hall–Kier alpha value is 0.280. The van der Waals surface area contributed by atoms with Crippen LogP contribution in [0.15, 0.2) is 29.0 Å². The maximum atomic E-state index is 5.81. The van der Waals surface area contributed by atoms with E-state index in [4.69, 9.17) is 11.6 Å². The Morgan fingerprint density at radius 3 is 3.27 bits per heavy atom. The van der Waals surface area contributed by atoms with Crippen molar-refractivity contribution >= 4 is 34.2 Å². The minimum absolute atomic E-state index is 0.638. The van der Waals surface area contributed by atoms with Crippen molar-refractivity contribution in [1.29, 1.82) is 0 Å². The Morgan fingerprint density at radius 1 is 1.73 bits per heavy atom. The van der Waals surface area contributed by atoms with Gasteiger partial charge < -0.3 is 0 Å². The molecule has 0 fully saturated rings. The van der Waals surface area contributed by atoms with Crippen LogP contribution < -0.4 is 0 Å². The molecule has 1 aliphatic carbocycles. The van der Waals surface area contributed by atoms with E-state index in [9.17, 15) is 0 Å². The molecule has 0 aromatic carbocycles. The Bertz CT molecular complexity index is 212. The summed E-state index contributed by atoms with van der Waals surface area (Å²) in [5.41, 5.74) is 3.08. The third-order valence-corrected chi connectivity index (χ3v) is 2.53. The molecule has 1 unspecified atom stereocenters. The van der Waals surface area contributed by atoms with Gasteiger partial charge in [-0.25, -0.2) is 0 Å². The predicted molar refractivity (Wildman–Crippen MR) is 58.2 cm³/mol. The summed E-state index contributed by atoms with van der Waals surface area (Å²) in [7, 11) is 0. The summed E-state index contributed by atoms with van der Waals surface area (Å²) >= 11 is 8.20. The molecular formula is C9H10ClI. The van der Waals surface area contributed by atoms with Crippen LogP contribution in [0.3, 0.4) is 0 Å². The van der Waals surface area contributed by atoms with E-state index in [-0.39, 0.29) is 0 Å². The maximum absolute atomic E-state index is 5.81. The number of halogens is 2. The number of allylic oxidation sites excluding steroid dienone is 3. The number of hydrogen-bond acceptors (Lipinski definition) is 0. The highest BCUT2D eigenvalue weighted by Gasteiger charge is 2.03. The second kappa shape index (κ2) is 5.02. The van der Waals surface area contributed by atoms with E-state index in [1.54, 1.807) is 0 Å². The molecule has 11 heavy (non-hydrogen) atoms. The van der Waals surface area contributed by atoms with Crippen LogP contribution in [-0.4, -0.2) is 4.43 Å². The maximum Gasteiger partial charge on any atom is 0.0443 e. The lowest BCUT2D eigenvalue weighted by atomic mass is 10.0. The molecule has 0 aliphatic heterocycles.